The van der Waals surface area contributed by atoms with Gasteiger partial charge in [-0.2, -0.15) is 0 Å². The van der Waals surface area contributed by atoms with E-state index in [9.17, 15) is 4.79 Å². The molecule has 1 aromatic carbocycles. The topological polar surface area (TPSA) is 42.0 Å². The van der Waals surface area contributed by atoms with Crippen LogP contribution in [0.25, 0.3) is 0 Å². The van der Waals surface area contributed by atoms with Gasteiger partial charge in [0.15, 0.2) is 11.5 Å². The molecule has 108 valence electrons. The lowest BCUT2D eigenvalue weighted by Crippen LogP contribution is -2.22. The maximum Gasteiger partial charge on any atom is 0.296 e. The third-order valence-corrected chi connectivity index (χ3v) is 3.67. The monoisotopic (exact) mass is 302 g/mol. The fourth-order valence-corrected chi connectivity index (χ4v) is 2.38. The summed E-state index contributed by atoms with van der Waals surface area (Å²) in [6.07, 6.45) is 3.31. The fraction of sp³-hybridized carbons (Fsp3) is 0.200. The number of allylic oxidation sites excluding steroid dienone is 2. The molecule has 1 aromatic rings. The number of thiocarbonyl (C=S) groups is 1. The molecular formula is C15H14N2O3S. The van der Waals surface area contributed by atoms with Crippen LogP contribution >= 0.6 is 12.2 Å². The summed E-state index contributed by atoms with van der Waals surface area (Å²) in [5.74, 6) is 1.40. The van der Waals surface area contributed by atoms with Crippen molar-refractivity contribution in [2.75, 3.05) is 18.5 Å². The minimum absolute atomic E-state index is 0.160. The predicted molar refractivity (Wildman–Crippen MR) is 82.7 cm³/mol. The lowest BCUT2D eigenvalue weighted by molar-refractivity contribution is -0.122. The standard InChI is InChI=1S/C15H14N2O3S/c1-3-17-10-6-4-5-7-11(10)19-13(17)9-8-12-14(18)16(2)15(21)20-12/h4-9H,3H2,1-2H3. The highest BCUT2D eigenvalue weighted by atomic mass is 32.1. The van der Waals surface area contributed by atoms with E-state index in [1.165, 1.54) is 4.90 Å². The summed E-state index contributed by atoms with van der Waals surface area (Å²) in [7, 11) is 1.58. The molecule has 2 aliphatic rings. The number of rotatable bonds is 2. The van der Waals surface area contributed by atoms with E-state index in [2.05, 4.69) is 0 Å². The van der Waals surface area contributed by atoms with E-state index in [1.54, 1.807) is 19.2 Å². The molecular weight excluding hydrogens is 288 g/mol. The normalized spacial score (nSPS) is 21.0. The minimum atomic E-state index is -0.254. The Bertz CT molecular complexity index is 681. The van der Waals surface area contributed by atoms with E-state index in [4.69, 9.17) is 21.7 Å². The van der Waals surface area contributed by atoms with Gasteiger partial charge in [0.25, 0.3) is 11.1 Å². The number of para-hydroxylation sites is 2. The molecule has 0 saturated carbocycles. The van der Waals surface area contributed by atoms with Crippen LogP contribution in [0.2, 0.25) is 0 Å². The smallest absolute Gasteiger partial charge is 0.296 e. The number of likely N-dealkylation sites (N-methyl/N-ethyl adjacent to an activating group) is 1. The average molecular weight is 302 g/mol. The molecule has 1 amide bonds. The van der Waals surface area contributed by atoms with Crippen LogP contribution in [-0.2, 0) is 9.53 Å². The lowest BCUT2D eigenvalue weighted by Gasteiger charge is -2.14. The molecule has 2 heterocycles. The summed E-state index contributed by atoms with van der Waals surface area (Å²) in [6.45, 7) is 2.80. The Morgan fingerprint density at radius 3 is 2.67 bits per heavy atom. The molecule has 0 aliphatic carbocycles. The highest BCUT2D eigenvalue weighted by Crippen LogP contribution is 2.38. The number of anilines is 1. The predicted octanol–water partition coefficient (Wildman–Crippen LogP) is 2.40. The molecule has 0 aromatic heterocycles. The zero-order valence-electron chi connectivity index (χ0n) is 11.7. The first-order valence-corrected chi connectivity index (χ1v) is 6.99. The molecule has 5 nitrogen and oxygen atoms in total. The van der Waals surface area contributed by atoms with Crippen LogP contribution < -0.4 is 9.64 Å². The number of hydrogen-bond acceptors (Lipinski definition) is 5. The number of hydrogen-bond donors (Lipinski definition) is 0. The van der Waals surface area contributed by atoms with Crippen molar-refractivity contribution in [3.8, 4) is 5.75 Å². The van der Waals surface area contributed by atoms with Crippen molar-refractivity contribution in [2.45, 2.75) is 6.92 Å². The molecule has 2 aliphatic heterocycles. The van der Waals surface area contributed by atoms with Gasteiger partial charge in [0.05, 0.1) is 5.69 Å². The Hall–Kier alpha value is -2.34. The molecule has 0 atom stereocenters. The minimum Gasteiger partial charge on any atom is -0.439 e. The SMILES string of the molecule is CCN1C(=CC=C2OC(=S)N(C)C2=O)Oc2ccccc21. The van der Waals surface area contributed by atoms with Gasteiger partial charge in [0.1, 0.15) is 0 Å². The van der Waals surface area contributed by atoms with E-state index in [0.29, 0.717) is 5.88 Å². The quantitative estimate of drug-likeness (QED) is 0.620. The Labute approximate surface area is 128 Å². The maximum atomic E-state index is 11.9. The van der Waals surface area contributed by atoms with E-state index in [-0.39, 0.29) is 16.8 Å². The molecule has 3 rings (SSSR count). The van der Waals surface area contributed by atoms with Crippen LogP contribution in [0.5, 0.6) is 5.75 Å². The molecule has 0 unspecified atom stereocenters. The van der Waals surface area contributed by atoms with Crippen LogP contribution in [-0.4, -0.2) is 29.6 Å². The molecule has 21 heavy (non-hydrogen) atoms. The third-order valence-electron chi connectivity index (χ3n) is 3.32. The summed E-state index contributed by atoms with van der Waals surface area (Å²) >= 11 is 4.93. The van der Waals surface area contributed by atoms with Crippen molar-refractivity contribution < 1.29 is 14.3 Å². The van der Waals surface area contributed by atoms with Crippen LogP contribution in [0.1, 0.15) is 6.92 Å². The van der Waals surface area contributed by atoms with Gasteiger partial charge in [0.2, 0.25) is 5.88 Å². The number of nitrogens with zero attached hydrogens (tertiary/aromatic N) is 2. The van der Waals surface area contributed by atoms with Crippen LogP contribution in [0, 0.1) is 0 Å². The van der Waals surface area contributed by atoms with E-state index < -0.39 is 0 Å². The van der Waals surface area contributed by atoms with E-state index >= 15 is 0 Å². The van der Waals surface area contributed by atoms with Crippen molar-refractivity contribution in [1.82, 2.24) is 4.90 Å². The Kier molecular flexibility index (Phi) is 3.39. The molecule has 0 bridgehead atoms. The number of fused-ring (bicyclic) bond motifs is 1. The fourth-order valence-electron chi connectivity index (χ4n) is 2.21. The Balaban J connectivity index is 1.89. The highest BCUT2D eigenvalue weighted by Gasteiger charge is 2.30. The highest BCUT2D eigenvalue weighted by molar-refractivity contribution is 7.80. The summed E-state index contributed by atoms with van der Waals surface area (Å²) in [6, 6.07) is 7.79. The van der Waals surface area contributed by atoms with Gasteiger partial charge in [0, 0.05) is 19.7 Å². The number of amides is 1. The number of ether oxygens (including phenoxy) is 2. The summed E-state index contributed by atoms with van der Waals surface area (Å²) in [4.78, 5) is 15.2. The first kappa shape index (κ1) is 13.6. The van der Waals surface area contributed by atoms with Crippen molar-refractivity contribution in [2.24, 2.45) is 0 Å². The largest absolute Gasteiger partial charge is 0.439 e. The average Bonchev–Trinajstić information content (AvgIpc) is 2.97. The number of carbonyl (C=O) groups is 1. The van der Waals surface area contributed by atoms with Crippen molar-refractivity contribution >= 4 is 29.0 Å². The second-order valence-corrected chi connectivity index (χ2v) is 4.93. The van der Waals surface area contributed by atoms with Gasteiger partial charge in [-0.3, -0.25) is 9.69 Å². The van der Waals surface area contributed by atoms with Crippen molar-refractivity contribution in [3.05, 3.63) is 48.1 Å². The molecule has 0 N–H and O–H groups in total. The lowest BCUT2D eigenvalue weighted by atomic mass is 10.3. The van der Waals surface area contributed by atoms with Crippen LogP contribution in [0.4, 0.5) is 5.69 Å². The van der Waals surface area contributed by atoms with Gasteiger partial charge in [-0.25, -0.2) is 0 Å². The Morgan fingerprint density at radius 2 is 2.00 bits per heavy atom. The van der Waals surface area contributed by atoms with Gasteiger partial charge < -0.3 is 14.4 Å². The van der Waals surface area contributed by atoms with E-state index in [0.717, 1.165) is 18.0 Å². The molecule has 0 radical (unpaired) electrons. The molecule has 1 fully saturated rings. The third kappa shape index (κ3) is 2.27. The van der Waals surface area contributed by atoms with Gasteiger partial charge >= 0.3 is 0 Å². The number of benzene rings is 1. The molecule has 6 heteroatoms. The van der Waals surface area contributed by atoms with Gasteiger partial charge in [-0.15, -0.1) is 0 Å². The molecule has 0 spiro atoms. The van der Waals surface area contributed by atoms with Crippen molar-refractivity contribution in [1.29, 1.82) is 0 Å². The summed E-state index contributed by atoms with van der Waals surface area (Å²) in [5, 5.41) is 0.160. The molecule has 1 saturated heterocycles. The maximum absolute atomic E-state index is 11.9. The number of carbonyl (C=O) groups excluding carboxylic acids is 1. The first-order valence-electron chi connectivity index (χ1n) is 6.58. The first-order chi connectivity index (χ1) is 10.1. The van der Waals surface area contributed by atoms with Crippen molar-refractivity contribution in [3.63, 3.8) is 0 Å². The summed E-state index contributed by atoms with van der Waals surface area (Å²) < 4.78 is 11.0. The van der Waals surface area contributed by atoms with Gasteiger partial charge in [-0.1, -0.05) is 12.1 Å². The second-order valence-electron chi connectivity index (χ2n) is 4.58. The van der Waals surface area contributed by atoms with Crippen LogP contribution in [0.15, 0.2) is 48.1 Å². The Morgan fingerprint density at radius 1 is 1.24 bits per heavy atom. The summed E-state index contributed by atoms with van der Waals surface area (Å²) in [5.41, 5.74) is 1.01. The zero-order valence-corrected chi connectivity index (χ0v) is 12.5. The van der Waals surface area contributed by atoms with Gasteiger partial charge in [-0.05, 0) is 37.4 Å². The van der Waals surface area contributed by atoms with Crippen LogP contribution in [0.3, 0.4) is 0 Å². The second kappa shape index (κ2) is 5.21. The van der Waals surface area contributed by atoms with E-state index in [1.807, 2.05) is 36.1 Å². The zero-order chi connectivity index (χ0) is 15.0.